The van der Waals surface area contributed by atoms with Crippen molar-refractivity contribution in [1.82, 2.24) is 10.2 Å². The van der Waals surface area contributed by atoms with Crippen LogP contribution in [0.15, 0.2) is 12.1 Å². The number of hydrogen-bond donors (Lipinski definition) is 0. The van der Waals surface area contributed by atoms with Gasteiger partial charge in [-0.15, -0.1) is 21.5 Å². The summed E-state index contributed by atoms with van der Waals surface area (Å²) >= 11 is 12.8. The van der Waals surface area contributed by atoms with Gasteiger partial charge >= 0.3 is 0 Å². The average Bonchev–Trinajstić information content (AvgIpc) is 2.27. The van der Waals surface area contributed by atoms with Gasteiger partial charge in [0.1, 0.15) is 5.52 Å². The minimum absolute atomic E-state index is 0.399. The van der Waals surface area contributed by atoms with E-state index in [9.17, 15) is 0 Å². The zero-order valence-electron chi connectivity index (χ0n) is 5.21. The van der Waals surface area contributed by atoms with Crippen molar-refractivity contribution in [3.05, 3.63) is 21.6 Å². The van der Waals surface area contributed by atoms with Gasteiger partial charge in [0.2, 0.25) is 0 Å². The Morgan fingerprint density at radius 3 is 2.82 bits per heavy atom. The summed E-state index contributed by atoms with van der Waals surface area (Å²) in [6.07, 6.45) is 0. The Morgan fingerprint density at radius 1 is 1.18 bits per heavy atom. The Labute approximate surface area is 76.8 Å². The van der Waals surface area contributed by atoms with Crippen LogP contribution in [0.5, 0.6) is 0 Å². The van der Waals surface area contributed by atoms with E-state index in [4.69, 9.17) is 23.2 Å². The lowest BCUT2D eigenvalue weighted by molar-refractivity contribution is 1.08. The largest absolute Gasteiger partial charge is 0.153 e. The highest BCUT2D eigenvalue weighted by molar-refractivity contribution is 7.22. The summed E-state index contributed by atoms with van der Waals surface area (Å²) in [6, 6.07) is 3.52. The molecule has 0 unspecified atom stereocenters. The van der Waals surface area contributed by atoms with Crippen molar-refractivity contribution in [2.24, 2.45) is 0 Å². The van der Waals surface area contributed by atoms with Crippen LogP contribution in [0, 0.1) is 0 Å². The van der Waals surface area contributed by atoms with Crippen molar-refractivity contribution in [2.45, 2.75) is 0 Å². The molecule has 0 atom stereocenters. The maximum Gasteiger partial charge on any atom is 0.153 e. The second-order valence-corrected chi connectivity index (χ2v) is 4.07. The lowest BCUT2D eigenvalue weighted by Crippen LogP contribution is -1.78. The predicted octanol–water partition coefficient (Wildman–Crippen LogP) is 3.00. The molecule has 0 saturated heterocycles. The molecule has 0 aliphatic rings. The molecule has 2 heterocycles. The number of hydrogen-bond acceptors (Lipinski definition) is 3. The van der Waals surface area contributed by atoms with Gasteiger partial charge in [0.05, 0.1) is 9.04 Å². The van der Waals surface area contributed by atoms with Crippen LogP contribution in [0.1, 0.15) is 0 Å². The first kappa shape index (κ1) is 7.28. The van der Waals surface area contributed by atoms with E-state index in [0.717, 1.165) is 10.2 Å². The number of aromatic nitrogens is 2. The molecule has 0 spiro atoms. The molecule has 56 valence electrons. The summed E-state index contributed by atoms with van der Waals surface area (Å²) < 4.78 is 1.67. The molecule has 0 saturated carbocycles. The highest BCUT2D eigenvalue weighted by Crippen LogP contribution is 2.28. The first-order valence-electron chi connectivity index (χ1n) is 2.84. The number of nitrogens with zero attached hydrogens (tertiary/aromatic N) is 2. The number of halogens is 2. The molecule has 0 amide bonds. The highest BCUT2D eigenvalue weighted by atomic mass is 35.5. The van der Waals surface area contributed by atoms with Gasteiger partial charge < -0.3 is 0 Å². The third-order valence-electron chi connectivity index (χ3n) is 1.21. The van der Waals surface area contributed by atoms with Crippen LogP contribution in [0.2, 0.25) is 9.49 Å². The number of rotatable bonds is 0. The smallest absolute Gasteiger partial charge is 0.148 e. The van der Waals surface area contributed by atoms with Crippen LogP contribution >= 0.6 is 34.5 Å². The fourth-order valence-electron chi connectivity index (χ4n) is 0.786. The normalized spacial score (nSPS) is 10.7. The van der Waals surface area contributed by atoms with Crippen LogP contribution in [0.25, 0.3) is 10.2 Å². The van der Waals surface area contributed by atoms with E-state index in [1.807, 2.05) is 0 Å². The van der Waals surface area contributed by atoms with E-state index >= 15 is 0 Å². The summed E-state index contributed by atoms with van der Waals surface area (Å²) in [4.78, 5) is 0. The van der Waals surface area contributed by atoms with Crippen LogP contribution < -0.4 is 0 Å². The van der Waals surface area contributed by atoms with Gasteiger partial charge in [-0.05, 0) is 12.1 Å². The Kier molecular flexibility index (Phi) is 1.71. The second kappa shape index (κ2) is 2.59. The summed E-state index contributed by atoms with van der Waals surface area (Å²) in [5, 5.41) is 7.93. The zero-order valence-corrected chi connectivity index (χ0v) is 7.54. The molecule has 2 rings (SSSR count). The molecular formula is C6H2Cl2N2S. The van der Waals surface area contributed by atoms with Crippen LogP contribution in [-0.4, -0.2) is 10.2 Å². The van der Waals surface area contributed by atoms with Gasteiger partial charge in [0.15, 0.2) is 5.15 Å². The standard InChI is InChI=1S/C6H2Cl2N2S/c7-5-2-4-3(9-10-5)1-6(8)11-4/h1-2H. The third kappa shape index (κ3) is 1.31. The molecule has 0 aliphatic carbocycles. The van der Waals surface area contributed by atoms with E-state index in [-0.39, 0.29) is 0 Å². The number of thiophene rings is 1. The van der Waals surface area contributed by atoms with E-state index in [0.29, 0.717) is 9.49 Å². The Hall–Kier alpha value is -0.380. The predicted molar refractivity (Wildman–Crippen MR) is 47.4 cm³/mol. The first-order valence-corrected chi connectivity index (χ1v) is 4.41. The maximum absolute atomic E-state index is 5.74. The zero-order chi connectivity index (χ0) is 7.84. The molecule has 2 aromatic heterocycles. The first-order chi connectivity index (χ1) is 5.25. The Bertz CT molecular complexity index is 398. The molecule has 0 aliphatic heterocycles. The average molecular weight is 205 g/mol. The van der Waals surface area contributed by atoms with Gasteiger partial charge in [-0.2, -0.15) is 0 Å². The molecule has 2 nitrogen and oxygen atoms in total. The third-order valence-corrected chi connectivity index (χ3v) is 2.60. The van der Waals surface area contributed by atoms with Gasteiger partial charge in [0, 0.05) is 0 Å². The minimum Gasteiger partial charge on any atom is -0.148 e. The topological polar surface area (TPSA) is 25.8 Å². The van der Waals surface area contributed by atoms with Crippen molar-refractivity contribution < 1.29 is 0 Å². The summed E-state index contributed by atoms with van der Waals surface area (Å²) in [5.41, 5.74) is 0.796. The van der Waals surface area contributed by atoms with Gasteiger partial charge in [-0.25, -0.2) is 0 Å². The molecule has 11 heavy (non-hydrogen) atoms. The SMILES string of the molecule is Clc1cc2sc(Cl)cc2nn1. The molecule has 0 aromatic carbocycles. The molecule has 0 fully saturated rings. The van der Waals surface area contributed by atoms with Crippen molar-refractivity contribution in [1.29, 1.82) is 0 Å². The van der Waals surface area contributed by atoms with Crippen LogP contribution in [0.4, 0.5) is 0 Å². The summed E-state index contributed by atoms with van der Waals surface area (Å²) in [6.45, 7) is 0. The van der Waals surface area contributed by atoms with Crippen molar-refractivity contribution in [3.63, 3.8) is 0 Å². The fraction of sp³-hybridized carbons (Fsp3) is 0. The highest BCUT2D eigenvalue weighted by Gasteiger charge is 2.01. The summed E-state index contributed by atoms with van der Waals surface area (Å²) in [5.74, 6) is 0. The van der Waals surface area contributed by atoms with Crippen LogP contribution in [-0.2, 0) is 0 Å². The van der Waals surface area contributed by atoms with Crippen molar-refractivity contribution >= 4 is 44.8 Å². The van der Waals surface area contributed by atoms with Gasteiger partial charge in [0.25, 0.3) is 0 Å². The quantitative estimate of drug-likeness (QED) is 0.660. The number of fused-ring (bicyclic) bond motifs is 1. The van der Waals surface area contributed by atoms with Crippen LogP contribution in [0.3, 0.4) is 0 Å². The lowest BCUT2D eigenvalue weighted by Gasteiger charge is -1.85. The molecule has 0 bridgehead atoms. The fourth-order valence-corrected chi connectivity index (χ4v) is 2.11. The lowest BCUT2D eigenvalue weighted by atomic mass is 10.5. The Morgan fingerprint density at radius 2 is 2.00 bits per heavy atom. The molecule has 2 aromatic rings. The molecular weight excluding hydrogens is 203 g/mol. The Balaban J connectivity index is 2.82. The second-order valence-electron chi connectivity index (χ2n) is 1.97. The van der Waals surface area contributed by atoms with Gasteiger partial charge in [-0.1, -0.05) is 23.2 Å². The van der Waals surface area contributed by atoms with E-state index in [1.54, 1.807) is 12.1 Å². The van der Waals surface area contributed by atoms with E-state index < -0.39 is 0 Å². The van der Waals surface area contributed by atoms with E-state index in [1.165, 1.54) is 11.3 Å². The van der Waals surface area contributed by atoms with Crippen molar-refractivity contribution in [3.8, 4) is 0 Å². The van der Waals surface area contributed by atoms with E-state index in [2.05, 4.69) is 10.2 Å². The summed E-state index contributed by atoms with van der Waals surface area (Å²) in [7, 11) is 0. The monoisotopic (exact) mass is 204 g/mol. The maximum atomic E-state index is 5.74. The molecule has 0 N–H and O–H groups in total. The van der Waals surface area contributed by atoms with Gasteiger partial charge in [-0.3, -0.25) is 0 Å². The minimum atomic E-state index is 0.399. The van der Waals surface area contributed by atoms with Crippen molar-refractivity contribution in [2.75, 3.05) is 0 Å². The molecule has 5 heteroatoms. The molecule has 0 radical (unpaired) electrons.